The molecule has 0 unspecified atom stereocenters. The van der Waals surface area contributed by atoms with Gasteiger partial charge in [-0.2, -0.15) is 0 Å². The molecule has 2 atom stereocenters. The lowest BCUT2D eigenvalue weighted by atomic mass is 9.86. The first-order chi connectivity index (χ1) is 14.7. The molecule has 4 heterocycles. The van der Waals surface area contributed by atoms with Gasteiger partial charge in [-0.1, -0.05) is 18.5 Å². The predicted octanol–water partition coefficient (Wildman–Crippen LogP) is 2.64. The van der Waals surface area contributed by atoms with Crippen LogP contribution in [0, 0.1) is 11.7 Å². The Balaban J connectivity index is 1.41. The lowest BCUT2D eigenvalue weighted by Crippen LogP contribution is -2.45. The third-order valence-corrected chi connectivity index (χ3v) is 8.20. The molecule has 11 heteroatoms. The minimum absolute atomic E-state index is 0.00147. The van der Waals surface area contributed by atoms with Crippen molar-refractivity contribution in [2.75, 3.05) is 31.9 Å². The fraction of sp³-hybridized carbons (Fsp3) is 0.550. The number of carbonyl (C=O) groups is 1. The van der Waals surface area contributed by atoms with E-state index in [4.69, 9.17) is 11.6 Å². The van der Waals surface area contributed by atoms with Crippen LogP contribution in [0.3, 0.4) is 0 Å². The van der Waals surface area contributed by atoms with Gasteiger partial charge in [0, 0.05) is 38.5 Å². The van der Waals surface area contributed by atoms with Crippen molar-refractivity contribution in [2.45, 2.75) is 32.1 Å². The standard InChI is InChI=1S/C20H25ClFN5O3S/c1-13-12-27(31(29,30)10-6-17(28)26-7-2-8-26)9-5-15(13)18-19(21)25-20(24-18)16-4-3-14(22)11-23-16/h3-4,11,13,15H,2,5-10,12H2,1H3,(H,24,25)/t13-,15+/m0/s1. The Hall–Kier alpha value is -2.04. The highest BCUT2D eigenvalue weighted by atomic mass is 35.5. The van der Waals surface area contributed by atoms with Crippen LogP contribution >= 0.6 is 11.6 Å². The third-order valence-electron chi connectivity index (χ3n) is 6.07. The van der Waals surface area contributed by atoms with E-state index in [1.54, 1.807) is 4.90 Å². The molecule has 2 saturated heterocycles. The molecular weight excluding hydrogens is 445 g/mol. The molecule has 31 heavy (non-hydrogen) atoms. The summed E-state index contributed by atoms with van der Waals surface area (Å²) in [6.45, 7) is 4.13. The van der Waals surface area contributed by atoms with Crippen LogP contribution < -0.4 is 0 Å². The minimum Gasteiger partial charge on any atom is -0.343 e. The summed E-state index contributed by atoms with van der Waals surface area (Å²) in [4.78, 5) is 25.2. The van der Waals surface area contributed by atoms with Gasteiger partial charge >= 0.3 is 0 Å². The van der Waals surface area contributed by atoms with Crippen molar-refractivity contribution >= 4 is 27.5 Å². The number of nitrogens with one attached hydrogen (secondary N) is 1. The van der Waals surface area contributed by atoms with E-state index in [0.717, 1.165) is 31.4 Å². The van der Waals surface area contributed by atoms with Gasteiger partial charge in [-0.25, -0.2) is 27.1 Å². The highest BCUT2D eigenvalue weighted by molar-refractivity contribution is 7.89. The van der Waals surface area contributed by atoms with Gasteiger partial charge in [-0.3, -0.25) is 4.79 Å². The average Bonchev–Trinajstić information content (AvgIpc) is 3.07. The Labute approximate surface area is 185 Å². The Kier molecular flexibility index (Phi) is 6.32. The summed E-state index contributed by atoms with van der Waals surface area (Å²) in [5, 5.41) is 0.314. The maximum absolute atomic E-state index is 13.1. The van der Waals surface area contributed by atoms with Gasteiger partial charge < -0.3 is 9.88 Å². The summed E-state index contributed by atoms with van der Waals surface area (Å²) in [5.41, 5.74) is 1.22. The Morgan fingerprint density at radius 2 is 2.10 bits per heavy atom. The molecule has 1 N–H and O–H groups in total. The molecule has 4 rings (SSSR count). The molecule has 0 saturated carbocycles. The van der Waals surface area contributed by atoms with E-state index >= 15 is 0 Å². The molecule has 0 radical (unpaired) electrons. The summed E-state index contributed by atoms with van der Waals surface area (Å²) >= 11 is 6.37. The van der Waals surface area contributed by atoms with E-state index in [2.05, 4.69) is 15.0 Å². The predicted molar refractivity (Wildman–Crippen MR) is 114 cm³/mol. The van der Waals surface area contributed by atoms with Crippen molar-refractivity contribution in [3.8, 4) is 11.5 Å². The zero-order valence-corrected chi connectivity index (χ0v) is 18.8. The zero-order valence-electron chi connectivity index (χ0n) is 17.2. The number of pyridine rings is 1. The summed E-state index contributed by atoms with van der Waals surface area (Å²) in [6.07, 6.45) is 2.71. The summed E-state index contributed by atoms with van der Waals surface area (Å²) in [7, 11) is -3.51. The van der Waals surface area contributed by atoms with Gasteiger partial charge in [0.25, 0.3) is 0 Å². The Morgan fingerprint density at radius 3 is 2.71 bits per heavy atom. The van der Waals surface area contributed by atoms with Gasteiger partial charge in [0.15, 0.2) is 11.0 Å². The lowest BCUT2D eigenvalue weighted by molar-refractivity contribution is -0.134. The van der Waals surface area contributed by atoms with Crippen LogP contribution in [-0.2, 0) is 14.8 Å². The van der Waals surface area contributed by atoms with E-state index in [0.29, 0.717) is 36.2 Å². The average molecular weight is 470 g/mol. The zero-order chi connectivity index (χ0) is 22.2. The van der Waals surface area contributed by atoms with Crippen molar-refractivity contribution < 1.29 is 17.6 Å². The van der Waals surface area contributed by atoms with Crippen molar-refractivity contribution in [1.29, 1.82) is 0 Å². The molecule has 2 fully saturated rings. The van der Waals surface area contributed by atoms with E-state index in [-0.39, 0.29) is 29.9 Å². The maximum Gasteiger partial charge on any atom is 0.223 e. The number of halogens is 2. The van der Waals surface area contributed by atoms with Crippen molar-refractivity contribution in [3.05, 3.63) is 35.0 Å². The molecule has 0 spiro atoms. The van der Waals surface area contributed by atoms with Crippen LogP contribution in [0.2, 0.25) is 5.15 Å². The van der Waals surface area contributed by atoms with E-state index in [1.165, 1.54) is 16.4 Å². The number of aromatic amines is 1. The Bertz CT molecular complexity index is 1060. The molecule has 168 valence electrons. The molecule has 8 nitrogen and oxygen atoms in total. The number of piperidine rings is 1. The van der Waals surface area contributed by atoms with Gasteiger partial charge in [-0.15, -0.1) is 0 Å². The third kappa shape index (κ3) is 4.75. The number of sulfonamides is 1. The lowest BCUT2D eigenvalue weighted by Gasteiger charge is -2.36. The molecule has 1 amide bonds. The number of hydrogen-bond acceptors (Lipinski definition) is 5. The number of hydrogen-bond donors (Lipinski definition) is 1. The molecule has 0 aliphatic carbocycles. The number of H-pyrrole nitrogens is 1. The van der Waals surface area contributed by atoms with Crippen LogP contribution in [0.4, 0.5) is 4.39 Å². The van der Waals surface area contributed by atoms with Crippen LogP contribution in [0.1, 0.15) is 37.8 Å². The quantitative estimate of drug-likeness (QED) is 0.701. The van der Waals surface area contributed by atoms with E-state index in [1.807, 2.05) is 6.92 Å². The Morgan fingerprint density at radius 1 is 1.32 bits per heavy atom. The molecule has 2 aliphatic rings. The highest BCUT2D eigenvalue weighted by Crippen LogP contribution is 2.37. The molecular formula is C20H25ClFN5O3S. The second-order valence-electron chi connectivity index (χ2n) is 8.18. The summed E-state index contributed by atoms with van der Waals surface area (Å²) in [6, 6.07) is 2.82. The van der Waals surface area contributed by atoms with Crippen molar-refractivity contribution in [1.82, 2.24) is 24.2 Å². The first-order valence-electron chi connectivity index (χ1n) is 10.4. The molecule has 0 aromatic carbocycles. The topological polar surface area (TPSA) is 99.3 Å². The minimum atomic E-state index is -3.51. The second kappa shape index (κ2) is 8.84. The number of aromatic nitrogens is 3. The van der Waals surface area contributed by atoms with Crippen LogP contribution in [0.25, 0.3) is 11.5 Å². The van der Waals surface area contributed by atoms with Gasteiger partial charge in [0.05, 0.1) is 17.6 Å². The van der Waals surface area contributed by atoms with Gasteiger partial charge in [-0.05, 0) is 30.9 Å². The van der Waals surface area contributed by atoms with Gasteiger partial charge in [0.2, 0.25) is 15.9 Å². The summed E-state index contributed by atoms with van der Waals surface area (Å²) in [5.74, 6) is -0.235. The van der Waals surface area contributed by atoms with Gasteiger partial charge in [0.1, 0.15) is 11.5 Å². The first kappa shape index (κ1) is 22.2. The van der Waals surface area contributed by atoms with Crippen LogP contribution in [-0.4, -0.2) is 70.4 Å². The smallest absolute Gasteiger partial charge is 0.223 e. The van der Waals surface area contributed by atoms with Crippen molar-refractivity contribution in [2.24, 2.45) is 5.92 Å². The number of likely N-dealkylation sites (tertiary alicyclic amines) is 1. The highest BCUT2D eigenvalue weighted by Gasteiger charge is 2.36. The normalized spacial score (nSPS) is 22.4. The van der Waals surface area contributed by atoms with Crippen molar-refractivity contribution in [3.63, 3.8) is 0 Å². The number of carbonyl (C=O) groups excluding carboxylic acids is 1. The number of nitrogens with zero attached hydrogens (tertiary/aromatic N) is 4. The largest absolute Gasteiger partial charge is 0.343 e. The maximum atomic E-state index is 13.1. The number of amides is 1. The SMILES string of the molecule is C[C@H]1CN(S(=O)(=O)CCC(=O)N2CCC2)CC[C@H]1c1[nH]c(-c2ccc(F)cn2)nc1Cl. The van der Waals surface area contributed by atoms with E-state index < -0.39 is 15.8 Å². The fourth-order valence-electron chi connectivity index (χ4n) is 4.11. The second-order valence-corrected chi connectivity index (χ2v) is 10.6. The van der Waals surface area contributed by atoms with E-state index in [9.17, 15) is 17.6 Å². The van der Waals surface area contributed by atoms with Crippen LogP contribution in [0.5, 0.6) is 0 Å². The molecule has 0 bridgehead atoms. The first-order valence-corrected chi connectivity index (χ1v) is 12.4. The molecule has 2 aliphatic heterocycles. The summed E-state index contributed by atoms with van der Waals surface area (Å²) < 4.78 is 40.1. The molecule has 2 aromatic heterocycles. The fourth-order valence-corrected chi connectivity index (χ4v) is 5.91. The number of imidazole rings is 1. The van der Waals surface area contributed by atoms with Crippen LogP contribution in [0.15, 0.2) is 18.3 Å². The molecule has 2 aromatic rings. The number of rotatable bonds is 6. The monoisotopic (exact) mass is 469 g/mol.